The van der Waals surface area contributed by atoms with Crippen molar-refractivity contribution >= 4 is 0 Å². The molecule has 0 saturated carbocycles. The third-order valence-corrected chi connectivity index (χ3v) is 4.53. The van der Waals surface area contributed by atoms with Gasteiger partial charge in [0.1, 0.15) is 11.5 Å². The smallest absolute Gasteiger partial charge is 0.245 e. The van der Waals surface area contributed by atoms with Gasteiger partial charge in [0.25, 0.3) is 0 Å². The van der Waals surface area contributed by atoms with Gasteiger partial charge in [0.2, 0.25) is 5.79 Å². The normalized spacial score (nSPS) is 16.8. The monoisotopic (exact) mass is 280 g/mol. The van der Waals surface area contributed by atoms with Gasteiger partial charge in [0, 0.05) is 25.0 Å². The molecule has 0 unspecified atom stereocenters. The number of aryl methyl sites for hydroxylation is 2. The number of hydrogen-bond donors (Lipinski definition) is 0. The van der Waals surface area contributed by atoms with Crippen LogP contribution in [0.15, 0.2) is 18.2 Å². The van der Waals surface area contributed by atoms with Crippen molar-refractivity contribution in [2.24, 2.45) is 0 Å². The summed E-state index contributed by atoms with van der Waals surface area (Å²) in [7, 11) is 0. The van der Waals surface area contributed by atoms with Gasteiger partial charge in [0.15, 0.2) is 0 Å². The van der Waals surface area contributed by atoms with Gasteiger partial charge in [0.05, 0.1) is 0 Å². The fourth-order valence-corrected chi connectivity index (χ4v) is 3.56. The molecule has 0 atom stereocenters. The summed E-state index contributed by atoms with van der Waals surface area (Å²) < 4.78 is 12.5. The standard InChI is InChI=1S/C19H20O2/c1-10-6-13-9-14-8-11(2)12(3)18-17(14)16(13)15(7-10)20-19(4,5)21-18/h6-8H,9H2,1-5H3. The molecule has 0 saturated heterocycles. The molecule has 2 nitrogen and oxygen atoms in total. The van der Waals surface area contributed by atoms with E-state index in [-0.39, 0.29) is 0 Å². The lowest BCUT2D eigenvalue weighted by atomic mass is 9.97. The number of ether oxygens (including phenoxy) is 2. The average Bonchev–Trinajstić information content (AvgIpc) is 2.65. The second-order valence-corrected chi connectivity index (χ2v) is 6.76. The van der Waals surface area contributed by atoms with Crippen LogP contribution in [-0.2, 0) is 6.42 Å². The molecule has 0 aromatic heterocycles. The van der Waals surface area contributed by atoms with E-state index in [4.69, 9.17) is 9.47 Å². The van der Waals surface area contributed by atoms with Gasteiger partial charge in [-0.05, 0) is 61.1 Å². The number of benzene rings is 2. The van der Waals surface area contributed by atoms with Gasteiger partial charge in [-0.15, -0.1) is 0 Å². The molecule has 2 heteroatoms. The summed E-state index contributed by atoms with van der Waals surface area (Å²) in [6.07, 6.45) is 0.973. The zero-order valence-corrected chi connectivity index (χ0v) is 13.3. The van der Waals surface area contributed by atoms with Crippen molar-refractivity contribution in [1.29, 1.82) is 0 Å². The molecule has 108 valence electrons. The second kappa shape index (κ2) is 3.82. The minimum absolute atomic E-state index is 0.655. The molecule has 0 N–H and O–H groups in total. The molecule has 0 radical (unpaired) electrons. The molecule has 0 spiro atoms. The first-order chi connectivity index (χ1) is 9.85. The molecule has 2 aromatic carbocycles. The van der Waals surface area contributed by atoms with Crippen molar-refractivity contribution < 1.29 is 9.47 Å². The molecule has 1 aliphatic heterocycles. The Morgan fingerprint density at radius 2 is 1.62 bits per heavy atom. The summed E-state index contributed by atoms with van der Waals surface area (Å²) in [6.45, 7) is 10.4. The molecule has 2 aromatic rings. The predicted molar refractivity (Wildman–Crippen MR) is 84.2 cm³/mol. The van der Waals surface area contributed by atoms with Gasteiger partial charge in [-0.25, -0.2) is 0 Å². The quantitative estimate of drug-likeness (QED) is 0.594. The van der Waals surface area contributed by atoms with E-state index >= 15 is 0 Å². The van der Waals surface area contributed by atoms with Crippen LogP contribution < -0.4 is 9.47 Å². The maximum Gasteiger partial charge on any atom is 0.245 e. The topological polar surface area (TPSA) is 18.5 Å². The van der Waals surface area contributed by atoms with Crippen LogP contribution in [0.3, 0.4) is 0 Å². The van der Waals surface area contributed by atoms with Crippen molar-refractivity contribution in [1.82, 2.24) is 0 Å². The van der Waals surface area contributed by atoms with Crippen LogP contribution in [0, 0.1) is 20.8 Å². The Morgan fingerprint density at radius 1 is 0.905 bits per heavy atom. The zero-order valence-electron chi connectivity index (χ0n) is 13.3. The van der Waals surface area contributed by atoms with Gasteiger partial charge in [-0.2, -0.15) is 0 Å². The lowest BCUT2D eigenvalue weighted by Crippen LogP contribution is -2.35. The molecular weight excluding hydrogens is 260 g/mol. The maximum absolute atomic E-state index is 6.27. The summed E-state index contributed by atoms with van der Waals surface area (Å²) >= 11 is 0. The highest BCUT2D eigenvalue weighted by Gasteiger charge is 2.36. The predicted octanol–water partition coefficient (Wildman–Crippen LogP) is 4.69. The molecule has 1 heterocycles. The fraction of sp³-hybridized carbons (Fsp3) is 0.368. The Hall–Kier alpha value is -1.96. The summed E-state index contributed by atoms with van der Waals surface area (Å²) in [5, 5.41) is 0. The molecule has 0 amide bonds. The minimum Gasteiger partial charge on any atom is -0.452 e. The van der Waals surface area contributed by atoms with Crippen molar-refractivity contribution in [3.63, 3.8) is 0 Å². The summed E-state index contributed by atoms with van der Waals surface area (Å²) in [5.41, 5.74) is 8.93. The molecule has 21 heavy (non-hydrogen) atoms. The van der Waals surface area contributed by atoms with E-state index in [1.54, 1.807) is 0 Å². The van der Waals surface area contributed by atoms with Gasteiger partial charge >= 0.3 is 0 Å². The van der Waals surface area contributed by atoms with Crippen molar-refractivity contribution in [3.8, 4) is 22.6 Å². The summed E-state index contributed by atoms with van der Waals surface area (Å²) in [6, 6.07) is 6.70. The van der Waals surface area contributed by atoms with Crippen molar-refractivity contribution in [3.05, 3.63) is 46.0 Å². The second-order valence-electron chi connectivity index (χ2n) is 6.76. The van der Waals surface area contributed by atoms with Crippen LogP contribution >= 0.6 is 0 Å². The van der Waals surface area contributed by atoms with E-state index in [0.29, 0.717) is 0 Å². The first-order valence-corrected chi connectivity index (χ1v) is 7.51. The Morgan fingerprint density at radius 3 is 2.38 bits per heavy atom. The van der Waals surface area contributed by atoms with Gasteiger partial charge < -0.3 is 9.47 Å². The minimum atomic E-state index is -0.655. The van der Waals surface area contributed by atoms with Crippen LogP contribution in [0.4, 0.5) is 0 Å². The van der Waals surface area contributed by atoms with Crippen LogP contribution in [0.25, 0.3) is 11.1 Å². The Bertz CT molecular complexity index is 785. The maximum atomic E-state index is 6.27. The third-order valence-electron chi connectivity index (χ3n) is 4.53. The largest absolute Gasteiger partial charge is 0.452 e. The fourth-order valence-electron chi connectivity index (χ4n) is 3.56. The molecular formula is C19H20O2. The van der Waals surface area contributed by atoms with E-state index in [2.05, 4.69) is 39.0 Å². The summed E-state index contributed by atoms with van der Waals surface area (Å²) in [5.74, 6) is 1.30. The van der Waals surface area contributed by atoms with Crippen LogP contribution in [0.2, 0.25) is 0 Å². The van der Waals surface area contributed by atoms with E-state index in [9.17, 15) is 0 Å². The van der Waals surface area contributed by atoms with Crippen LogP contribution in [-0.4, -0.2) is 5.79 Å². The molecule has 1 aliphatic carbocycles. The molecule has 2 aliphatic rings. The first kappa shape index (κ1) is 12.8. The van der Waals surface area contributed by atoms with Gasteiger partial charge in [-0.1, -0.05) is 12.1 Å². The highest BCUT2D eigenvalue weighted by molar-refractivity contribution is 5.88. The summed E-state index contributed by atoms with van der Waals surface area (Å²) in [4.78, 5) is 0. The highest BCUT2D eigenvalue weighted by Crippen LogP contribution is 2.52. The van der Waals surface area contributed by atoms with E-state index in [1.165, 1.54) is 38.9 Å². The van der Waals surface area contributed by atoms with E-state index in [1.807, 2.05) is 13.8 Å². The third kappa shape index (κ3) is 1.71. The lowest BCUT2D eigenvalue weighted by molar-refractivity contribution is -0.0783. The zero-order chi connectivity index (χ0) is 14.9. The first-order valence-electron chi connectivity index (χ1n) is 7.51. The number of rotatable bonds is 0. The van der Waals surface area contributed by atoms with E-state index < -0.39 is 5.79 Å². The van der Waals surface area contributed by atoms with E-state index in [0.717, 1.165) is 17.9 Å². The number of hydrogen-bond acceptors (Lipinski definition) is 2. The Kier molecular flexibility index (Phi) is 2.32. The molecule has 0 fully saturated rings. The highest BCUT2D eigenvalue weighted by atomic mass is 16.7. The molecule has 0 bridgehead atoms. The lowest BCUT2D eigenvalue weighted by Gasteiger charge is -2.27. The Labute approximate surface area is 125 Å². The van der Waals surface area contributed by atoms with Gasteiger partial charge in [-0.3, -0.25) is 0 Å². The Balaban J connectivity index is 2.14. The van der Waals surface area contributed by atoms with Crippen LogP contribution in [0.1, 0.15) is 41.7 Å². The average molecular weight is 280 g/mol. The van der Waals surface area contributed by atoms with Crippen LogP contribution in [0.5, 0.6) is 11.5 Å². The van der Waals surface area contributed by atoms with Crippen molar-refractivity contribution in [2.45, 2.75) is 46.8 Å². The SMILES string of the molecule is Cc1cc2c3c(c1)OC(C)(C)Oc1c(C)c(C)cc(c1-3)C2. The molecule has 4 rings (SSSR count). The van der Waals surface area contributed by atoms with Crippen molar-refractivity contribution in [2.75, 3.05) is 0 Å².